The van der Waals surface area contributed by atoms with Crippen LogP contribution in [-0.4, -0.2) is 18.5 Å². The minimum atomic E-state index is 0.433. The highest BCUT2D eigenvalue weighted by Crippen LogP contribution is 2.33. The molecule has 0 aliphatic heterocycles. The van der Waals surface area contributed by atoms with Crippen LogP contribution in [0.4, 0.5) is 17.1 Å². The van der Waals surface area contributed by atoms with Crippen molar-refractivity contribution in [3.63, 3.8) is 0 Å². The summed E-state index contributed by atoms with van der Waals surface area (Å²) in [7, 11) is 2.05. The van der Waals surface area contributed by atoms with Gasteiger partial charge in [-0.3, -0.25) is 10.8 Å². The van der Waals surface area contributed by atoms with Gasteiger partial charge in [-0.05, 0) is 47.5 Å². The quantitative estimate of drug-likeness (QED) is 0.393. The van der Waals surface area contributed by atoms with E-state index in [0.717, 1.165) is 39.3 Å². The van der Waals surface area contributed by atoms with Crippen molar-refractivity contribution in [2.75, 3.05) is 17.4 Å². The zero-order valence-corrected chi connectivity index (χ0v) is 17.2. The van der Waals surface area contributed by atoms with Crippen molar-refractivity contribution in [1.82, 2.24) is 0 Å². The van der Waals surface area contributed by atoms with E-state index in [1.807, 2.05) is 66.7 Å². The van der Waals surface area contributed by atoms with Crippen molar-refractivity contribution in [1.29, 1.82) is 5.41 Å². The normalized spacial score (nSPS) is 13.5. The van der Waals surface area contributed by atoms with Gasteiger partial charge in [0.2, 0.25) is 0 Å². The fourth-order valence-corrected chi connectivity index (χ4v) is 3.92. The number of para-hydroxylation sites is 1. The Morgan fingerprint density at radius 2 is 1.13 bits per heavy atom. The van der Waals surface area contributed by atoms with Crippen molar-refractivity contribution in [3.05, 3.63) is 114 Å². The van der Waals surface area contributed by atoms with E-state index < -0.39 is 0 Å². The van der Waals surface area contributed by atoms with Crippen LogP contribution >= 0.6 is 0 Å². The number of benzene rings is 4. The number of hydrogen-bond donors (Lipinski definition) is 2. The summed E-state index contributed by atoms with van der Waals surface area (Å²) in [6.07, 6.45) is 0. The van der Waals surface area contributed by atoms with Gasteiger partial charge >= 0.3 is 0 Å². The van der Waals surface area contributed by atoms with E-state index in [2.05, 4.69) is 58.9 Å². The van der Waals surface area contributed by atoms with Crippen LogP contribution in [0.2, 0.25) is 0 Å². The first-order chi connectivity index (χ1) is 15.2. The second kappa shape index (κ2) is 7.92. The molecule has 0 fully saturated rings. The number of nitrogens with one attached hydrogen (secondary N) is 2. The molecule has 0 spiro atoms. The van der Waals surface area contributed by atoms with Gasteiger partial charge in [0.15, 0.2) is 0 Å². The molecule has 0 radical (unpaired) electrons. The Kier molecular flexibility index (Phi) is 4.81. The number of nitrogens with zero attached hydrogens (tertiary/aromatic N) is 2. The summed E-state index contributed by atoms with van der Waals surface area (Å²) in [5.41, 5.74) is 11.4. The second-order valence-electron chi connectivity index (χ2n) is 7.48. The van der Waals surface area contributed by atoms with Crippen LogP contribution in [-0.2, 0) is 0 Å². The molecule has 0 heterocycles. The van der Waals surface area contributed by atoms with Crippen LogP contribution < -0.4 is 10.3 Å². The maximum Gasteiger partial charge on any atom is 0.117 e. The number of anilines is 3. The van der Waals surface area contributed by atoms with E-state index in [4.69, 9.17) is 5.41 Å². The fourth-order valence-electron chi connectivity index (χ4n) is 3.92. The van der Waals surface area contributed by atoms with Gasteiger partial charge in [-0.2, -0.15) is 5.10 Å². The van der Waals surface area contributed by atoms with Gasteiger partial charge in [-0.1, -0.05) is 66.7 Å². The lowest BCUT2D eigenvalue weighted by atomic mass is 9.83. The molecule has 4 aromatic rings. The first kappa shape index (κ1) is 18.8. The predicted molar refractivity (Wildman–Crippen MR) is 130 cm³/mol. The van der Waals surface area contributed by atoms with E-state index in [0.29, 0.717) is 11.4 Å². The Hall–Kier alpha value is -4.18. The van der Waals surface area contributed by atoms with E-state index in [9.17, 15) is 0 Å². The third-order valence-electron chi connectivity index (χ3n) is 5.60. The monoisotopic (exact) mass is 402 g/mol. The average molecular weight is 403 g/mol. The van der Waals surface area contributed by atoms with Crippen LogP contribution in [0.25, 0.3) is 11.1 Å². The zero-order chi connectivity index (χ0) is 21.2. The molecule has 0 bridgehead atoms. The molecule has 0 aromatic heterocycles. The van der Waals surface area contributed by atoms with Gasteiger partial charge in [0.25, 0.3) is 0 Å². The summed E-state index contributed by atoms with van der Waals surface area (Å²) < 4.78 is 0. The largest absolute Gasteiger partial charge is 0.345 e. The maximum atomic E-state index is 8.73. The zero-order valence-electron chi connectivity index (χ0n) is 17.2. The Bertz CT molecular complexity index is 1270. The highest BCUT2D eigenvalue weighted by Gasteiger charge is 2.25. The Labute approximate surface area is 182 Å². The van der Waals surface area contributed by atoms with E-state index in [-0.39, 0.29) is 0 Å². The summed E-state index contributed by atoms with van der Waals surface area (Å²) >= 11 is 0. The van der Waals surface area contributed by atoms with Gasteiger partial charge in [0, 0.05) is 29.5 Å². The molecule has 1 aliphatic carbocycles. The fraction of sp³-hybridized carbons (Fsp3) is 0.0370. The molecule has 0 amide bonds. The Morgan fingerprint density at radius 3 is 1.81 bits per heavy atom. The molecule has 4 aromatic carbocycles. The van der Waals surface area contributed by atoms with Crippen molar-refractivity contribution in [3.8, 4) is 11.1 Å². The van der Waals surface area contributed by atoms with Crippen LogP contribution in [0.3, 0.4) is 0 Å². The predicted octanol–water partition coefficient (Wildman–Crippen LogP) is 6.32. The summed E-state index contributed by atoms with van der Waals surface area (Å²) in [6, 6.07) is 34.5. The third-order valence-corrected chi connectivity index (χ3v) is 5.60. The molecule has 0 unspecified atom stereocenters. The molecule has 5 rings (SSSR count). The summed E-state index contributed by atoms with van der Waals surface area (Å²) in [5.74, 6) is 0. The molecule has 31 heavy (non-hydrogen) atoms. The van der Waals surface area contributed by atoms with E-state index in [1.165, 1.54) is 0 Å². The van der Waals surface area contributed by atoms with E-state index in [1.54, 1.807) is 0 Å². The molecular weight excluding hydrogens is 380 g/mol. The average Bonchev–Trinajstić information content (AvgIpc) is 2.84. The molecule has 150 valence electrons. The van der Waals surface area contributed by atoms with Crippen molar-refractivity contribution >= 4 is 28.5 Å². The lowest BCUT2D eigenvalue weighted by Crippen LogP contribution is -2.23. The SMILES string of the molecule is CN(c1ccccc1)c1ccc(N/N=C2\C(=N)c3ccccc3-c3ccccc32)cc1. The number of hydrazone groups is 1. The molecule has 2 N–H and O–H groups in total. The molecule has 1 aliphatic rings. The third kappa shape index (κ3) is 3.49. The minimum Gasteiger partial charge on any atom is -0.345 e. The highest BCUT2D eigenvalue weighted by molar-refractivity contribution is 6.56. The van der Waals surface area contributed by atoms with Gasteiger partial charge < -0.3 is 4.90 Å². The van der Waals surface area contributed by atoms with E-state index >= 15 is 0 Å². The molecule has 4 nitrogen and oxygen atoms in total. The van der Waals surface area contributed by atoms with Crippen molar-refractivity contribution in [2.24, 2.45) is 5.10 Å². The summed E-state index contributed by atoms with van der Waals surface area (Å²) in [5, 5.41) is 13.4. The van der Waals surface area contributed by atoms with Gasteiger partial charge in [-0.15, -0.1) is 0 Å². The molecule has 4 heteroatoms. The standard InChI is InChI=1S/C27H22N4/c1-31(20-9-3-2-4-10-20)21-17-15-19(16-18-21)29-30-27-25-14-8-6-12-23(25)22-11-5-7-13-24(22)26(27)28/h2-18,28-29H,1H3/b28-26?,30-27-. The van der Waals surface area contributed by atoms with Gasteiger partial charge in [-0.25, -0.2) is 0 Å². The Morgan fingerprint density at radius 1 is 0.613 bits per heavy atom. The van der Waals surface area contributed by atoms with Crippen LogP contribution in [0.15, 0.2) is 108 Å². The topological polar surface area (TPSA) is 51.5 Å². The van der Waals surface area contributed by atoms with Crippen molar-refractivity contribution < 1.29 is 0 Å². The number of fused-ring (bicyclic) bond motifs is 3. The molecular formula is C27H22N4. The smallest absolute Gasteiger partial charge is 0.117 e. The first-order valence-corrected chi connectivity index (χ1v) is 10.2. The summed E-state index contributed by atoms with van der Waals surface area (Å²) in [4.78, 5) is 2.14. The van der Waals surface area contributed by atoms with Crippen LogP contribution in [0.1, 0.15) is 11.1 Å². The van der Waals surface area contributed by atoms with Crippen molar-refractivity contribution in [2.45, 2.75) is 0 Å². The van der Waals surface area contributed by atoms with Gasteiger partial charge in [0.05, 0.1) is 11.4 Å². The number of hydrogen-bond acceptors (Lipinski definition) is 4. The van der Waals surface area contributed by atoms with Crippen LogP contribution in [0.5, 0.6) is 0 Å². The first-order valence-electron chi connectivity index (χ1n) is 10.2. The van der Waals surface area contributed by atoms with Crippen LogP contribution in [0, 0.1) is 5.41 Å². The Balaban J connectivity index is 1.42. The second-order valence-corrected chi connectivity index (χ2v) is 7.48. The lowest BCUT2D eigenvalue weighted by Gasteiger charge is -2.22. The molecule has 0 saturated carbocycles. The molecule has 0 atom stereocenters. The number of rotatable bonds is 4. The summed E-state index contributed by atoms with van der Waals surface area (Å²) in [6.45, 7) is 0. The lowest BCUT2D eigenvalue weighted by molar-refractivity contribution is 1.21. The highest BCUT2D eigenvalue weighted by atomic mass is 15.3. The minimum absolute atomic E-state index is 0.433. The van der Waals surface area contributed by atoms with Gasteiger partial charge in [0.1, 0.15) is 5.71 Å². The maximum absolute atomic E-state index is 8.73. The molecule has 0 saturated heterocycles.